The highest BCUT2D eigenvalue weighted by Gasteiger charge is 2.12. The van der Waals surface area contributed by atoms with Gasteiger partial charge < -0.3 is 15.5 Å². The minimum absolute atomic E-state index is 0.0328. The molecule has 6 heteroatoms. The van der Waals surface area contributed by atoms with Gasteiger partial charge in [0.1, 0.15) is 0 Å². The molecule has 1 heterocycles. The molecular weight excluding hydrogens is 266 g/mol. The van der Waals surface area contributed by atoms with Crippen LogP contribution in [0.5, 0.6) is 0 Å². The molecule has 0 aromatic carbocycles. The first-order chi connectivity index (χ1) is 9.67. The predicted molar refractivity (Wildman–Crippen MR) is 85.2 cm³/mol. The van der Waals surface area contributed by atoms with E-state index < -0.39 is 0 Å². The van der Waals surface area contributed by atoms with Crippen LogP contribution in [-0.2, 0) is 11.3 Å². The molecule has 0 fully saturated rings. The van der Waals surface area contributed by atoms with E-state index in [9.17, 15) is 4.79 Å². The quantitative estimate of drug-likeness (QED) is 0.828. The van der Waals surface area contributed by atoms with Crippen molar-refractivity contribution in [3.05, 3.63) is 18.0 Å². The summed E-state index contributed by atoms with van der Waals surface area (Å²) in [6.45, 7) is 11.2. The second-order valence-corrected chi connectivity index (χ2v) is 6.57. The van der Waals surface area contributed by atoms with Crippen LogP contribution in [0.15, 0.2) is 12.4 Å². The van der Waals surface area contributed by atoms with E-state index in [0.717, 1.165) is 12.1 Å². The van der Waals surface area contributed by atoms with Crippen molar-refractivity contribution in [3.8, 4) is 0 Å². The molecule has 0 aliphatic heterocycles. The number of anilines is 1. The molecular formula is C15H27N5O. The van der Waals surface area contributed by atoms with Gasteiger partial charge >= 0.3 is 0 Å². The third-order valence-electron chi connectivity index (χ3n) is 2.69. The summed E-state index contributed by atoms with van der Waals surface area (Å²) in [5.41, 5.74) is 1.08. The largest absolute Gasteiger partial charge is 0.352 e. The van der Waals surface area contributed by atoms with E-state index in [4.69, 9.17) is 0 Å². The van der Waals surface area contributed by atoms with E-state index >= 15 is 0 Å². The Labute approximate surface area is 127 Å². The molecule has 118 valence electrons. The summed E-state index contributed by atoms with van der Waals surface area (Å²) < 4.78 is 0. The second kappa shape index (κ2) is 7.36. The van der Waals surface area contributed by atoms with Crippen molar-refractivity contribution < 1.29 is 4.79 Å². The zero-order valence-electron chi connectivity index (χ0n) is 13.9. The Hall–Kier alpha value is -1.69. The van der Waals surface area contributed by atoms with Gasteiger partial charge in [-0.2, -0.15) is 0 Å². The third kappa shape index (κ3) is 7.04. The van der Waals surface area contributed by atoms with E-state index in [0.29, 0.717) is 5.95 Å². The lowest BCUT2D eigenvalue weighted by molar-refractivity contribution is -0.120. The topological polar surface area (TPSA) is 70.2 Å². The lowest BCUT2D eigenvalue weighted by Crippen LogP contribution is -2.39. The number of aromatic nitrogens is 2. The molecule has 1 aromatic rings. The minimum Gasteiger partial charge on any atom is -0.352 e. The van der Waals surface area contributed by atoms with E-state index in [-0.39, 0.29) is 24.0 Å². The number of carbonyl (C=O) groups is 1. The molecule has 6 nitrogen and oxygen atoms in total. The number of nitrogens with one attached hydrogen (secondary N) is 2. The third-order valence-corrected chi connectivity index (χ3v) is 2.69. The van der Waals surface area contributed by atoms with Gasteiger partial charge in [0, 0.05) is 43.1 Å². The number of nitrogens with zero attached hydrogens (tertiary/aromatic N) is 3. The summed E-state index contributed by atoms with van der Waals surface area (Å²) in [5, 5.41) is 6.23. The van der Waals surface area contributed by atoms with E-state index in [1.54, 1.807) is 17.3 Å². The summed E-state index contributed by atoms with van der Waals surface area (Å²) in [7, 11) is 1.81. The van der Waals surface area contributed by atoms with E-state index in [1.807, 2.05) is 20.9 Å². The molecule has 0 aliphatic rings. The van der Waals surface area contributed by atoms with Crippen molar-refractivity contribution in [1.29, 1.82) is 0 Å². The zero-order valence-corrected chi connectivity index (χ0v) is 13.9. The smallest absolute Gasteiger partial charge is 0.239 e. The summed E-state index contributed by atoms with van der Waals surface area (Å²) in [4.78, 5) is 22.0. The van der Waals surface area contributed by atoms with Crippen LogP contribution in [0, 0.1) is 0 Å². The van der Waals surface area contributed by atoms with Crippen LogP contribution >= 0.6 is 0 Å². The summed E-state index contributed by atoms with van der Waals surface area (Å²) in [6, 6.07) is 0.137. The van der Waals surface area contributed by atoms with Gasteiger partial charge in [0.15, 0.2) is 0 Å². The lowest BCUT2D eigenvalue weighted by atomic mass is 10.1. The van der Waals surface area contributed by atoms with Crippen LogP contribution in [0.25, 0.3) is 0 Å². The zero-order chi connectivity index (χ0) is 16.0. The van der Waals surface area contributed by atoms with Crippen LogP contribution in [0.1, 0.15) is 40.2 Å². The molecule has 0 atom stereocenters. The number of rotatable bonds is 6. The number of hydrogen-bond donors (Lipinski definition) is 2. The first-order valence-electron chi connectivity index (χ1n) is 7.24. The highest BCUT2D eigenvalue weighted by Crippen LogP contribution is 2.06. The molecule has 0 unspecified atom stereocenters. The normalized spacial score (nSPS) is 11.6. The lowest BCUT2D eigenvalue weighted by Gasteiger charge is -2.21. The Morgan fingerprint density at radius 3 is 2.33 bits per heavy atom. The van der Waals surface area contributed by atoms with Gasteiger partial charge in [-0.3, -0.25) is 4.79 Å². The average Bonchev–Trinajstić information content (AvgIpc) is 2.35. The summed E-state index contributed by atoms with van der Waals surface area (Å²) in [6.07, 6.45) is 3.58. The van der Waals surface area contributed by atoms with E-state index in [1.165, 1.54) is 0 Å². The van der Waals surface area contributed by atoms with Crippen molar-refractivity contribution in [2.75, 3.05) is 18.5 Å². The van der Waals surface area contributed by atoms with Gasteiger partial charge in [-0.25, -0.2) is 9.97 Å². The van der Waals surface area contributed by atoms with Gasteiger partial charge in [0.25, 0.3) is 0 Å². The maximum atomic E-state index is 11.7. The van der Waals surface area contributed by atoms with Crippen LogP contribution in [0.4, 0.5) is 5.95 Å². The fourth-order valence-corrected chi connectivity index (χ4v) is 1.66. The monoisotopic (exact) mass is 293 g/mol. The highest BCUT2D eigenvalue weighted by atomic mass is 16.2. The highest BCUT2D eigenvalue weighted by molar-refractivity contribution is 5.80. The first kappa shape index (κ1) is 17.4. The molecule has 21 heavy (non-hydrogen) atoms. The Morgan fingerprint density at radius 2 is 1.86 bits per heavy atom. The molecule has 0 spiro atoms. The fourth-order valence-electron chi connectivity index (χ4n) is 1.66. The Balaban J connectivity index is 2.55. The molecule has 0 saturated heterocycles. The van der Waals surface area contributed by atoms with Gasteiger partial charge in [0.05, 0.1) is 6.54 Å². The minimum atomic E-state index is -0.0328. The maximum absolute atomic E-state index is 11.7. The van der Waals surface area contributed by atoms with Gasteiger partial charge in [-0.15, -0.1) is 0 Å². The van der Waals surface area contributed by atoms with Crippen LogP contribution in [0.2, 0.25) is 0 Å². The van der Waals surface area contributed by atoms with Crippen molar-refractivity contribution in [3.63, 3.8) is 0 Å². The molecule has 1 amide bonds. The number of likely N-dealkylation sites (N-methyl/N-ethyl adjacent to an activating group) is 1. The molecule has 0 saturated carbocycles. The first-order valence-corrected chi connectivity index (χ1v) is 7.24. The van der Waals surface area contributed by atoms with Crippen LogP contribution < -0.4 is 15.5 Å². The molecule has 0 radical (unpaired) electrons. The van der Waals surface area contributed by atoms with Crippen molar-refractivity contribution >= 4 is 11.9 Å². The van der Waals surface area contributed by atoms with Gasteiger partial charge in [-0.05, 0) is 34.6 Å². The standard InChI is InChI=1S/C15H27N5O/c1-11(2)19-13(21)10-20(6)14-16-7-12(8-17-14)9-18-15(3,4)5/h7-8,11,18H,9-10H2,1-6H3,(H,19,21). The Bertz CT molecular complexity index is 450. The molecule has 1 aromatic heterocycles. The van der Waals surface area contributed by atoms with Gasteiger partial charge in [0.2, 0.25) is 11.9 Å². The molecule has 0 bridgehead atoms. The van der Waals surface area contributed by atoms with Crippen molar-refractivity contribution in [2.45, 2.75) is 52.7 Å². The number of hydrogen-bond acceptors (Lipinski definition) is 5. The fraction of sp³-hybridized carbons (Fsp3) is 0.667. The van der Waals surface area contributed by atoms with Crippen molar-refractivity contribution in [2.24, 2.45) is 0 Å². The summed E-state index contributed by atoms with van der Waals surface area (Å²) >= 11 is 0. The predicted octanol–water partition coefficient (Wildman–Crippen LogP) is 1.33. The Kier molecular flexibility index (Phi) is 6.08. The molecule has 2 N–H and O–H groups in total. The maximum Gasteiger partial charge on any atom is 0.239 e. The second-order valence-electron chi connectivity index (χ2n) is 6.57. The van der Waals surface area contributed by atoms with Crippen LogP contribution in [-0.4, -0.2) is 41.0 Å². The number of amides is 1. The van der Waals surface area contributed by atoms with Gasteiger partial charge in [-0.1, -0.05) is 0 Å². The van der Waals surface area contributed by atoms with Crippen molar-refractivity contribution in [1.82, 2.24) is 20.6 Å². The SMILES string of the molecule is CC(C)NC(=O)CN(C)c1ncc(CNC(C)(C)C)cn1. The van der Waals surface area contributed by atoms with E-state index in [2.05, 4.69) is 41.4 Å². The Morgan fingerprint density at radius 1 is 1.29 bits per heavy atom. The van der Waals surface area contributed by atoms with Crippen LogP contribution in [0.3, 0.4) is 0 Å². The number of carbonyl (C=O) groups excluding carboxylic acids is 1. The molecule has 1 rings (SSSR count). The summed E-state index contributed by atoms with van der Waals surface area (Å²) in [5.74, 6) is 0.517. The average molecular weight is 293 g/mol. The molecule has 0 aliphatic carbocycles.